The van der Waals surface area contributed by atoms with Crippen LogP contribution in [0.5, 0.6) is 0 Å². The normalized spacial score (nSPS) is 10.6. The summed E-state index contributed by atoms with van der Waals surface area (Å²) in [5, 5.41) is 2.79. The van der Waals surface area contributed by atoms with E-state index >= 15 is 0 Å². The molecule has 0 bridgehead atoms. The minimum atomic E-state index is -0.0907. The summed E-state index contributed by atoms with van der Waals surface area (Å²) in [4.78, 5) is 18.3. The van der Waals surface area contributed by atoms with Crippen molar-refractivity contribution < 1.29 is 4.79 Å². The zero-order chi connectivity index (χ0) is 16.7. The number of hydrogen-bond donors (Lipinski definition) is 2. The third-order valence-corrected chi connectivity index (χ3v) is 3.52. The van der Waals surface area contributed by atoms with E-state index in [0.29, 0.717) is 24.7 Å². The second-order valence-electron chi connectivity index (χ2n) is 5.70. The Labute approximate surface area is 137 Å². The highest BCUT2D eigenvalue weighted by atomic mass is 16.1. The number of aromatic nitrogens is 1. The Hall–Kier alpha value is -2.40. The Morgan fingerprint density at radius 3 is 2.52 bits per heavy atom. The molecule has 0 fully saturated rings. The summed E-state index contributed by atoms with van der Waals surface area (Å²) in [6, 6.07) is 14.4. The molecule has 0 radical (unpaired) electrons. The summed E-state index contributed by atoms with van der Waals surface area (Å²) >= 11 is 0. The van der Waals surface area contributed by atoms with Crippen molar-refractivity contribution in [2.75, 3.05) is 16.8 Å². The molecule has 0 aliphatic carbocycles. The predicted octanol–water partition coefficient (Wildman–Crippen LogP) is 2.78. The number of hydrogen-bond acceptors (Lipinski definition) is 4. The molecule has 2 rings (SSSR count). The average molecular weight is 312 g/mol. The number of nitrogens with two attached hydrogens (primary N) is 1. The van der Waals surface area contributed by atoms with Gasteiger partial charge in [0.15, 0.2) is 0 Å². The first kappa shape index (κ1) is 17.0. The molecule has 0 aliphatic rings. The Balaban J connectivity index is 2.09. The van der Waals surface area contributed by atoms with Crippen molar-refractivity contribution in [3.05, 3.63) is 54.2 Å². The summed E-state index contributed by atoms with van der Waals surface area (Å²) in [5.41, 5.74) is 7.30. The van der Waals surface area contributed by atoms with Gasteiger partial charge in [-0.15, -0.1) is 0 Å². The lowest BCUT2D eigenvalue weighted by Crippen LogP contribution is -2.30. The second kappa shape index (κ2) is 8.29. The van der Waals surface area contributed by atoms with Crippen LogP contribution < -0.4 is 16.0 Å². The maximum Gasteiger partial charge on any atom is 0.225 e. The lowest BCUT2D eigenvalue weighted by atomic mass is 10.2. The molecule has 0 spiro atoms. The lowest BCUT2D eigenvalue weighted by molar-refractivity contribution is -0.116. The standard InChI is InChI=1S/C18H24N4O/c1-14(2)22(13-15-6-4-3-5-7-15)17-9-8-16(12-20-17)21-18(23)10-11-19/h3-9,12,14H,10-11,13,19H2,1-2H3,(H,21,23). The molecule has 3 N–H and O–H groups in total. The van der Waals surface area contributed by atoms with Crippen LogP contribution in [0.15, 0.2) is 48.7 Å². The van der Waals surface area contributed by atoms with E-state index in [1.807, 2.05) is 30.3 Å². The van der Waals surface area contributed by atoms with Crippen molar-refractivity contribution >= 4 is 17.4 Å². The number of pyridine rings is 1. The van der Waals surface area contributed by atoms with Crippen LogP contribution in [0.2, 0.25) is 0 Å². The maximum absolute atomic E-state index is 11.6. The fourth-order valence-corrected chi connectivity index (χ4v) is 2.29. The zero-order valence-corrected chi connectivity index (χ0v) is 13.7. The van der Waals surface area contributed by atoms with Gasteiger partial charge in [0, 0.05) is 25.6 Å². The van der Waals surface area contributed by atoms with E-state index in [4.69, 9.17) is 5.73 Å². The van der Waals surface area contributed by atoms with Crippen LogP contribution in [0.25, 0.3) is 0 Å². The Morgan fingerprint density at radius 2 is 1.96 bits per heavy atom. The molecule has 1 aromatic heterocycles. The van der Waals surface area contributed by atoms with Gasteiger partial charge in [-0.1, -0.05) is 30.3 Å². The number of benzene rings is 1. The molecule has 0 saturated heterocycles. The third kappa shape index (κ3) is 5.07. The quantitative estimate of drug-likeness (QED) is 0.824. The van der Waals surface area contributed by atoms with Crippen LogP contribution in [-0.4, -0.2) is 23.5 Å². The maximum atomic E-state index is 11.6. The van der Waals surface area contributed by atoms with Crippen molar-refractivity contribution in [3.8, 4) is 0 Å². The van der Waals surface area contributed by atoms with Gasteiger partial charge >= 0.3 is 0 Å². The summed E-state index contributed by atoms with van der Waals surface area (Å²) < 4.78 is 0. The molecule has 5 heteroatoms. The molecule has 0 saturated carbocycles. The third-order valence-electron chi connectivity index (χ3n) is 3.52. The van der Waals surface area contributed by atoms with Gasteiger partial charge in [0.05, 0.1) is 11.9 Å². The summed E-state index contributed by atoms with van der Waals surface area (Å²) in [6.07, 6.45) is 2.00. The SMILES string of the molecule is CC(C)N(Cc1ccccc1)c1ccc(NC(=O)CCN)cn1. The van der Waals surface area contributed by atoms with Gasteiger partial charge in [0.2, 0.25) is 5.91 Å². The van der Waals surface area contributed by atoms with Gasteiger partial charge in [-0.05, 0) is 31.5 Å². The van der Waals surface area contributed by atoms with E-state index in [1.54, 1.807) is 6.20 Å². The molecule has 1 amide bonds. The average Bonchev–Trinajstić information content (AvgIpc) is 2.54. The smallest absolute Gasteiger partial charge is 0.225 e. The van der Waals surface area contributed by atoms with E-state index in [2.05, 4.69) is 41.2 Å². The number of nitrogens with one attached hydrogen (secondary N) is 1. The van der Waals surface area contributed by atoms with Crippen LogP contribution >= 0.6 is 0 Å². The number of anilines is 2. The van der Waals surface area contributed by atoms with Gasteiger partial charge in [-0.3, -0.25) is 4.79 Å². The number of amides is 1. The Kier molecular flexibility index (Phi) is 6.11. The van der Waals surface area contributed by atoms with Gasteiger partial charge in [-0.2, -0.15) is 0 Å². The highest BCUT2D eigenvalue weighted by Crippen LogP contribution is 2.19. The van der Waals surface area contributed by atoms with Crippen LogP contribution in [-0.2, 0) is 11.3 Å². The van der Waals surface area contributed by atoms with Crippen molar-refractivity contribution in [1.29, 1.82) is 0 Å². The van der Waals surface area contributed by atoms with Crippen LogP contribution in [0, 0.1) is 0 Å². The summed E-state index contributed by atoms with van der Waals surface area (Å²) in [7, 11) is 0. The predicted molar refractivity (Wildman–Crippen MR) is 94.3 cm³/mol. The zero-order valence-electron chi connectivity index (χ0n) is 13.7. The molecule has 122 valence electrons. The van der Waals surface area contributed by atoms with Gasteiger partial charge in [0.25, 0.3) is 0 Å². The molecule has 1 aromatic carbocycles. The molecular weight excluding hydrogens is 288 g/mol. The fraction of sp³-hybridized carbons (Fsp3) is 0.333. The minimum Gasteiger partial charge on any atom is -0.350 e. The van der Waals surface area contributed by atoms with Gasteiger partial charge in [-0.25, -0.2) is 4.98 Å². The molecule has 1 heterocycles. The molecule has 0 aliphatic heterocycles. The topological polar surface area (TPSA) is 71.2 Å². The van der Waals surface area contributed by atoms with E-state index < -0.39 is 0 Å². The Morgan fingerprint density at radius 1 is 1.22 bits per heavy atom. The van der Waals surface area contributed by atoms with Crippen molar-refractivity contribution in [3.63, 3.8) is 0 Å². The molecular formula is C18H24N4O. The molecule has 5 nitrogen and oxygen atoms in total. The van der Waals surface area contributed by atoms with Crippen molar-refractivity contribution in [2.24, 2.45) is 5.73 Å². The largest absolute Gasteiger partial charge is 0.350 e. The second-order valence-corrected chi connectivity index (χ2v) is 5.70. The Bertz CT molecular complexity index is 611. The monoisotopic (exact) mass is 312 g/mol. The van der Waals surface area contributed by atoms with Gasteiger partial charge in [0.1, 0.15) is 5.82 Å². The van der Waals surface area contributed by atoms with Gasteiger partial charge < -0.3 is 16.0 Å². The molecule has 0 atom stereocenters. The summed E-state index contributed by atoms with van der Waals surface area (Å²) in [6.45, 7) is 5.42. The summed E-state index contributed by atoms with van der Waals surface area (Å²) in [5.74, 6) is 0.799. The molecule has 2 aromatic rings. The van der Waals surface area contributed by atoms with Crippen LogP contribution in [0.1, 0.15) is 25.8 Å². The van der Waals surface area contributed by atoms with Crippen molar-refractivity contribution in [2.45, 2.75) is 32.9 Å². The number of rotatable bonds is 7. The van der Waals surface area contributed by atoms with E-state index in [0.717, 1.165) is 12.4 Å². The van der Waals surface area contributed by atoms with E-state index in [9.17, 15) is 4.79 Å². The number of carbonyl (C=O) groups excluding carboxylic acids is 1. The highest BCUT2D eigenvalue weighted by molar-refractivity contribution is 5.90. The van der Waals surface area contributed by atoms with E-state index in [1.165, 1.54) is 5.56 Å². The first-order chi connectivity index (χ1) is 11.1. The highest BCUT2D eigenvalue weighted by Gasteiger charge is 2.12. The fourth-order valence-electron chi connectivity index (χ4n) is 2.29. The minimum absolute atomic E-state index is 0.0907. The molecule has 0 unspecified atom stereocenters. The first-order valence-corrected chi connectivity index (χ1v) is 7.86. The molecule has 23 heavy (non-hydrogen) atoms. The van der Waals surface area contributed by atoms with Crippen molar-refractivity contribution in [1.82, 2.24) is 4.98 Å². The number of nitrogens with zero attached hydrogens (tertiary/aromatic N) is 2. The van der Waals surface area contributed by atoms with Crippen LogP contribution in [0.3, 0.4) is 0 Å². The number of carbonyl (C=O) groups is 1. The van der Waals surface area contributed by atoms with E-state index in [-0.39, 0.29) is 5.91 Å². The lowest BCUT2D eigenvalue weighted by Gasteiger charge is -2.28. The van der Waals surface area contributed by atoms with Crippen LogP contribution in [0.4, 0.5) is 11.5 Å². The first-order valence-electron chi connectivity index (χ1n) is 7.86.